The highest BCUT2D eigenvalue weighted by atomic mass is 35.5. The van der Waals surface area contributed by atoms with Crippen molar-refractivity contribution in [1.29, 1.82) is 5.26 Å². The van der Waals surface area contributed by atoms with Gasteiger partial charge in [0.2, 0.25) is 0 Å². The molecule has 0 amide bonds. The topological polar surface area (TPSA) is 61.2 Å². The molecule has 0 aromatic heterocycles. The number of nitrogens with zero attached hydrogens (tertiary/aromatic N) is 2. The van der Waals surface area contributed by atoms with Gasteiger partial charge >= 0.3 is 0 Å². The van der Waals surface area contributed by atoms with Crippen LogP contribution in [0, 0.1) is 11.3 Å². The molecule has 0 radical (unpaired) electrons. The molecule has 1 aromatic carbocycles. The van der Waals surface area contributed by atoms with Gasteiger partial charge in [0.25, 0.3) is 0 Å². The van der Waals surface area contributed by atoms with Gasteiger partial charge in [-0.2, -0.15) is 5.26 Å². The minimum Gasteiger partial charge on any atom is -0.369 e. The lowest BCUT2D eigenvalue weighted by molar-refractivity contribution is 0.569. The maximum atomic E-state index is 11.6. The minimum atomic E-state index is -2.95. The summed E-state index contributed by atoms with van der Waals surface area (Å²) in [5.74, 6) is 0.159. The van der Waals surface area contributed by atoms with Crippen LogP contribution in [-0.2, 0) is 9.84 Å². The number of rotatable bonds is 1. The van der Waals surface area contributed by atoms with E-state index in [1.165, 1.54) is 0 Å². The summed E-state index contributed by atoms with van der Waals surface area (Å²) in [5, 5.41) is 8.83. The Morgan fingerprint density at radius 2 is 2.22 bits per heavy atom. The van der Waals surface area contributed by atoms with Crippen LogP contribution in [0.25, 0.3) is 0 Å². The first kappa shape index (κ1) is 13.2. The molecule has 0 unspecified atom stereocenters. The Hall–Kier alpha value is -1.25. The fraction of sp³-hybridized carbons (Fsp3) is 0.417. The molecule has 1 aliphatic rings. The van der Waals surface area contributed by atoms with Crippen LogP contribution in [0.2, 0.25) is 5.02 Å². The fourth-order valence-electron chi connectivity index (χ4n) is 1.98. The van der Waals surface area contributed by atoms with Gasteiger partial charge in [0.05, 0.1) is 21.6 Å². The second-order valence-electron chi connectivity index (χ2n) is 4.40. The summed E-state index contributed by atoms with van der Waals surface area (Å²) in [6, 6.07) is 7.17. The van der Waals surface area contributed by atoms with E-state index in [-0.39, 0.29) is 11.0 Å². The van der Waals surface area contributed by atoms with Crippen LogP contribution in [-0.4, -0.2) is 32.5 Å². The molecule has 0 N–H and O–H groups in total. The van der Waals surface area contributed by atoms with Gasteiger partial charge in [-0.3, -0.25) is 0 Å². The number of hydrogen-bond donors (Lipinski definition) is 0. The molecule has 0 saturated carbocycles. The number of anilines is 1. The number of nitriles is 1. The largest absolute Gasteiger partial charge is 0.369 e. The molecule has 1 atom stereocenters. The van der Waals surface area contributed by atoms with Gasteiger partial charge in [0.1, 0.15) is 6.07 Å². The molecule has 1 saturated heterocycles. The van der Waals surface area contributed by atoms with Crippen molar-refractivity contribution in [1.82, 2.24) is 0 Å². The average Bonchev–Trinajstić information content (AvgIpc) is 2.32. The Morgan fingerprint density at radius 1 is 1.50 bits per heavy atom. The van der Waals surface area contributed by atoms with Crippen molar-refractivity contribution in [2.24, 2.45) is 0 Å². The second-order valence-corrected chi connectivity index (χ2v) is 7.35. The molecule has 6 heteroatoms. The van der Waals surface area contributed by atoms with E-state index in [2.05, 4.69) is 0 Å². The van der Waals surface area contributed by atoms with E-state index in [0.29, 0.717) is 23.7 Å². The summed E-state index contributed by atoms with van der Waals surface area (Å²) in [7, 11) is -2.95. The van der Waals surface area contributed by atoms with Gasteiger partial charge in [-0.15, -0.1) is 0 Å². The Labute approximate surface area is 112 Å². The Morgan fingerprint density at radius 3 is 2.78 bits per heavy atom. The van der Waals surface area contributed by atoms with Gasteiger partial charge in [-0.25, -0.2) is 8.42 Å². The summed E-state index contributed by atoms with van der Waals surface area (Å²) in [6.07, 6.45) is 0. The molecule has 96 valence electrons. The lowest BCUT2D eigenvalue weighted by atomic mass is 10.2. The van der Waals surface area contributed by atoms with Crippen LogP contribution in [0.4, 0.5) is 5.69 Å². The fourth-order valence-corrected chi connectivity index (χ4v) is 3.48. The number of halogens is 1. The average molecular weight is 285 g/mol. The molecule has 1 fully saturated rings. The monoisotopic (exact) mass is 284 g/mol. The van der Waals surface area contributed by atoms with Gasteiger partial charge in [0.15, 0.2) is 9.84 Å². The van der Waals surface area contributed by atoms with Crippen LogP contribution in [0.15, 0.2) is 18.2 Å². The number of hydrogen-bond acceptors (Lipinski definition) is 4. The normalized spacial score (nSPS) is 22.5. The van der Waals surface area contributed by atoms with Crippen molar-refractivity contribution in [3.05, 3.63) is 28.8 Å². The Bertz CT molecular complexity index is 607. The second kappa shape index (κ2) is 4.79. The third-order valence-electron chi connectivity index (χ3n) is 3.17. The van der Waals surface area contributed by atoms with Crippen LogP contribution in [0.5, 0.6) is 0 Å². The molecule has 1 aromatic rings. The van der Waals surface area contributed by atoms with Crippen molar-refractivity contribution >= 4 is 27.1 Å². The van der Waals surface area contributed by atoms with E-state index in [1.807, 2.05) is 11.0 Å². The van der Waals surface area contributed by atoms with Crippen molar-refractivity contribution in [3.8, 4) is 6.07 Å². The van der Waals surface area contributed by atoms with Crippen molar-refractivity contribution in [2.75, 3.05) is 23.7 Å². The third kappa shape index (κ3) is 2.45. The molecule has 0 spiro atoms. The summed E-state index contributed by atoms with van der Waals surface area (Å²) in [4.78, 5) is 1.98. The molecule has 1 heterocycles. The summed E-state index contributed by atoms with van der Waals surface area (Å²) < 4.78 is 23.3. The zero-order valence-corrected chi connectivity index (χ0v) is 11.5. The summed E-state index contributed by atoms with van der Waals surface area (Å²) in [5.41, 5.74) is 1.29. The number of benzene rings is 1. The van der Waals surface area contributed by atoms with E-state index >= 15 is 0 Å². The molecule has 0 bridgehead atoms. The molecule has 4 nitrogen and oxygen atoms in total. The van der Waals surface area contributed by atoms with E-state index in [0.717, 1.165) is 5.69 Å². The SMILES string of the molecule is C[C@H]1CN(c2ccc(C#N)c(Cl)c2)CCS1(=O)=O. The molecule has 18 heavy (non-hydrogen) atoms. The van der Waals surface area contributed by atoms with E-state index in [1.54, 1.807) is 25.1 Å². The van der Waals surface area contributed by atoms with Crippen molar-refractivity contribution < 1.29 is 8.42 Å². The predicted octanol–water partition coefficient (Wildman–Crippen LogP) is 1.83. The minimum absolute atomic E-state index is 0.159. The molecular weight excluding hydrogens is 272 g/mol. The van der Waals surface area contributed by atoms with Crippen molar-refractivity contribution in [2.45, 2.75) is 12.2 Å². The zero-order valence-electron chi connectivity index (χ0n) is 9.93. The predicted molar refractivity (Wildman–Crippen MR) is 71.6 cm³/mol. The first-order chi connectivity index (χ1) is 8.44. The number of sulfone groups is 1. The Kier molecular flexibility index (Phi) is 3.51. The van der Waals surface area contributed by atoms with Crippen molar-refractivity contribution in [3.63, 3.8) is 0 Å². The van der Waals surface area contributed by atoms with Crippen LogP contribution < -0.4 is 4.90 Å². The third-order valence-corrected chi connectivity index (χ3v) is 5.61. The highest BCUT2D eigenvalue weighted by Crippen LogP contribution is 2.25. The maximum Gasteiger partial charge on any atom is 0.156 e. The standard InChI is InChI=1S/C12H13ClN2O2S/c1-9-8-15(4-5-18(9,16)17)11-3-2-10(7-14)12(13)6-11/h2-3,6,9H,4-5,8H2,1H3/t9-/m0/s1. The molecule has 0 aliphatic carbocycles. The summed E-state index contributed by atoms with van der Waals surface area (Å²) in [6.45, 7) is 2.65. The van der Waals surface area contributed by atoms with Gasteiger partial charge in [0, 0.05) is 18.8 Å². The summed E-state index contributed by atoms with van der Waals surface area (Å²) >= 11 is 5.97. The lowest BCUT2D eigenvalue weighted by Gasteiger charge is -2.32. The zero-order chi connectivity index (χ0) is 13.3. The van der Waals surface area contributed by atoms with E-state index in [9.17, 15) is 8.42 Å². The molecule has 1 aliphatic heterocycles. The maximum absolute atomic E-state index is 11.6. The highest BCUT2D eigenvalue weighted by Gasteiger charge is 2.29. The smallest absolute Gasteiger partial charge is 0.156 e. The first-order valence-electron chi connectivity index (χ1n) is 5.60. The van der Waals surface area contributed by atoms with Gasteiger partial charge in [-0.1, -0.05) is 11.6 Å². The molecular formula is C12H13ClN2O2S. The van der Waals surface area contributed by atoms with Gasteiger partial charge < -0.3 is 4.90 Å². The van der Waals surface area contributed by atoms with E-state index in [4.69, 9.17) is 16.9 Å². The first-order valence-corrected chi connectivity index (χ1v) is 7.69. The van der Waals surface area contributed by atoms with Gasteiger partial charge in [-0.05, 0) is 25.1 Å². The van der Waals surface area contributed by atoms with E-state index < -0.39 is 9.84 Å². The van der Waals surface area contributed by atoms with Crippen LogP contribution >= 0.6 is 11.6 Å². The van der Waals surface area contributed by atoms with Crippen LogP contribution in [0.3, 0.4) is 0 Å². The van der Waals surface area contributed by atoms with Crippen LogP contribution in [0.1, 0.15) is 12.5 Å². The molecule has 2 rings (SSSR count). The Balaban J connectivity index is 2.24. The lowest BCUT2D eigenvalue weighted by Crippen LogP contribution is -2.45. The quantitative estimate of drug-likeness (QED) is 0.789. The highest BCUT2D eigenvalue weighted by molar-refractivity contribution is 7.92.